The monoisotopic (exact) mass is 491 g/mol. The summed E-state index contributed by atoms with van der Waals surface area (Å²) < 4.78 is 13.0. The standard InChI is InChI=1S/C19H30FN5O.HI/c1-15(2)14-23-19(21-3)22-9-8-18(26)25-12-10-24(11-13-25)17-6-4-16(20)5-7-17;/h4-7,15H,8-14H2,1-3H3,(H2,21,22,23);1H. The number of guanidine groups is 1. The van der Waals surface area contributed by atoms with Gasteiger partial charge in [0, 0.05) is 58.4 Å². The van der Waals surface area contributed by atoms with E-state index in [-0.39, 0.29) is 35.7 Å². The van der Waals surface area contributed by atoms with Crippen molar-refractivity contribution in [2.75, 3.05) is 51.2 Å². The number of rotatable bonds is 6. The van der Waals surface area contributed by atoms with E-state index >= 15 is 0 Å². The van der Waals surface area contributed by atoms with Crippen molar-refractivity contribution in [3.05, 3.63) is 30.1 Å². The Balaban J connectivity index is 0.00000364. The predicted molar refractivity (Wildman–Crippen MR) is 119 cm³/mol. The molecule has 1 aliphatic heterocycles. The number of piperazine rings is 1. The molecule has 0 spiro atoms. The van der Waals surface area contributed by atoms with E-state index in [0.717, 1.165) is 31.3 Å². The molecule has 1 aromatic rings. The molecule has 27 heavy (non-hydrogen) atoms. The van der Waals surface area contributed by atoms with Crippen LogP contribution in [-0.2, 0) is 4.79 Å². The molecular weight excluding hydrogens is 460 g/mol. The predicted octanol–water partition coefficient (Wildman–Crippen LogP) is 2.30. The number of hydrogen-bond donors (Lipinski definition) is 2. The van der Waals surface area contributed by atoms with Crippen LogP contribution in [0.25, 0.3) is 0 Å². The largest absolute Gasteiger partial charge is 0.368 e. The van der Waals surface area contributed by atoms with E-state index in [1.807, 2.05) is 4.90 Å². The third-order valence-electron chi connectivity index (χ3n) is 4.36. The summed E-state index contributed by atoms with van der Waals surface area (Å²) in [5.41, 5.74) is 1.00. The Kier molecular flexibility index (Phi) is 10.4. The lowest BCUT2D eigenvalue weighted by Gasteiger charge is -2.36. The number of carbonyl (C=O) groups is 1. The number of nitrogens with zero attached hydrogens (tertiary/aromatic N) is 3. The topological polar surface area (TPSA) is 60.0 Å². The normalized spacial score (nSPS) is 14.8. The van der Waals surface area contributed by atoms with Crippen molar-refractivity contribution in [2.24, 2.45) is 10.9 Å². The summed E-state index contributed by atoms with van der Waals surface area (Å²) in [6.45, 7) is 8.59. The first-order chi connectivity index (χ1) is 12.5. The fourth-order valence-electron chi connectivity index (χ4n) is 2.83. The zero-order valence-electron chi connectivity index (χ0n) is 16.4. The smallest absolute Gasteiger partial charge is 0.224 e. The Hall–Kier alpha value is -1.58. The lowest BCUT2D eigenvalue weighted by molar-refractivity contribution is -0.131. The molecule has 6 nitrogen and oxygen atoms in total. The Labute approximate surface area is 178 Å². The molecule has 1 fully saturated rings. The number of anilines is 1. The average molecular weight is 491 g/mol. The fraction of sp³-hybridized carbons (Fsp3) is 0.579. The SMILES string of the molecule is CN=C(NCCC(=O)N1CCN(c2ccc(F)cc2)CC1)NCC(C)C.I. The first-order valence-corrected chi connectivity index (χ1v) is 9.22. The van der Waals surface area contributed by atoms with Crippen LogP contribution in [0.15, 0.2) is 29.3 Å². The van der Waals surface area contributed by atoms with E-state index < -0.39 is 0 Å². The number of nitrogens with one attached hydrogen (secondary N) is 2. The highest BCUT2D eigenvalue weighted by molar-refractivity contribution is 14.0. The van der Waals surface area contributed by atoms with Crippen molar-refractivity contribution >= 4 is 41.5 Å². The maximum atomic E-state index is 13.0. The highest BCUT2D eigenvalue weighted by atomic mass is 127. The molecule has 0 saturated carbocycles. The van der Waals surface area contributed by atoms with Crippen LogP contribution in [0.4, 0.5) is 10.1 Å². The van der Waals surface area contributed by atoms with Crippen LogP contribution in [0.3, 0.4) is 0 Å². The van der Waals surface area contributed by atoms with E-state index in [1.54, 1.807) is 19.2 Å². The first kappa shape index (κ1) is 23.5. The second-order valence-electron chi connectivity index (χ2n) is 6.87. The Morgan fingerprint density at radius 3 is 2.33 bits per heavy atom. The van der Waals surface area contributed by atoms with E-state index in [0.29, 0.717) is 32.0 Å². The van der Waals surface area contributed by atoms with Gasteiger partial charge in [0.15, 0.2) is 5.96 Å². The number of aliphatic imine (C=N–C) groups is 1. The number of benzene rings is 1. The van der Waals surface area contributed by atoms with Crippen LogP contribution in [-0.4, -0.2) is 63.1 Å². The van der Waals surface area contributed by atoms with Crippen LogP contribution in [0.1, 0.15) is 20.3 Å². The fourth-order valence-corrected chi connectivity index (χ4v) is 2.83. The number of halogens is 2. The molecule has 1 aliphatic rings. The number of carbonyl (C=O) groups excluding carboxylic acids is 1. The highest BCUT2D eigenvalue weighted by Gasteiger charge is 2.21. The average Bonchev–Trinajstić information content (AvgIpc) is 2.65. The molecule has 1 aromatic carbocycles. The minimum Gasteiger partial charge on any atom is -0.368 e. The Bertz CT molecular complexity index is 601. The summed E-state index contributed by atoms with van der Waals surface area (Å²) in [4.78, 5) is 20.6. The molecule has 0 atom stereocenters. The van der Waals surface area contributed by atoms with Crippen LogP contribution in [0, 0.1) is 11.7 Å². The molecule has 1 saturated heterocycles. The van der Waals surface area contributed by atoms with E-state index in [2.05, 4.69) is 34.4 Å². The van der Waals surface area contributed by atoms with Crippen molar-refractivity contribution in [2.45, 2.75) is 20.3 Å². The van der Waals surface area contributed by atoms with Crippen molar-refractivity contribution in [1.29, 1.82) is 0 Å². The van der Waals surface area contributed by atoms with Crippen molar-refractivity contribution < 1.29 is 9.18 Å². The van der Waals surface area contributed by atoms with Crippen LogP contribution in [0.2, 0.25) is 0 Å². The summed E-state index contributed by atoms with van der Waals surface area (Å²) >= 11 is 0. The molecule has 152 valence electrons. The third-order valence-corrected chi connectivity index (χ3v) is 4.36. The molecule has 0 unspecified atom stereocenters. The van der Waals surface area contributed by atoms with Gasteiger partial charge in [-0.1, -0.05) is 13.8 Å². The Morgan fingerprint density at radius 2 is 1.78 bits per heavy atom. The molecule has 0 aliphatic carbocycles. The van der Waals surface area contributed by atoms with E-state index in [4.69, 9.17) is 0 Å². The second-order valence-corrected chi connectivity index (χ2v) is 6.87. The minimum absolute atomic E-state index is 0. The first-order valence-electron chi connectivity index (χ1n) is 9.22. The van der Waals surface area contributed by atoms with Gasteiger partial charge in [0.1, 0.15) is 5.82 Å². The summed E-state index contributed by atoms with van der Waals surface area (Å²) in [6, 6.07) is 6.51. The Morgan fingerprint density at radius 1 is 1.15 bits per heavy atom. The third kappa shape index (κ3) is 7.90. The number of hydrogen-bond acceptors (Lipinski definition) is 3. The molecule has 1 heterocycles. The molecule has 0 bridgehead atoms. The van der Waals surface area contributed by atoms with Gasteiger partial charge in [0.2, 0.25) is 5.91 Å². The van der Waals surface area contributed by atoms with Crippen LogP contribution < -0.4 is 15.5 Å². The maximum absolute atomic E-state index is 13.0. The zero-order valence-corrected chi connectivity index (χ0v) is 18.7. The van der Waals surface area contributed by atoms with Crippen molar-refractivity contribution in [1.82, 2.24) is 15.5 Å². The van der Waals surface area contributed by atoms with Gasteiger partial charge >= 0.3 is 0 Å². The lowest BCUT2D eigenvalue weighted by Crippen LogP contribution is -2.49. The summed E-state index contributed by atoms with van der Waals surface area (Å²) in [7, 11) is 1.73. The number of amides is 1. The maximum Gasteiger partial charge on any atom is 0.224 e. The molecular formula is C19H31FIN5O. The quantitative estimate of drug-likeness (QED) is 0.365. The molecule has 2 N–H and O–H groups in total. The molecule has 8 heteroatoms. The highest BCUT2D eigenvalue weighted by Crippen LogP contribution is 2.17. The van der Waals surface area contributed by atoms with Gasteiger partial charge < -0.3 is 20.4 Å². The minimum atomic E-state index is -0.229. The molecule has 0 radical (unpaired) electrons. The van der Waals surface area contributed by atoms with Crippen LogP contribution >= 0.6 is 24.0 Å². The van der Waals surface area contributed by atoms with Crippen molar-refractivity contribution in [3.8, 4) is 0 Å². The second kappa shape index (κ2) is 12.0. The van der Waals surface area contributed by atoms with Crippen LogP contribution in [0.5, 0.6) is 0 Å². The summed E-state index contributed by atoms with van der Waals surface area (Å²) in [6.07, 6.45) is 0.443. The van der Waals surface area contributed by atoms with Gasteiger partial charge in [0.05, 0.1) is 0 Å². The summed E-state index contributed by atoms with van der Waals surface area (Å²) in [5.74, 6) is 1.18. The van der Waals surface area contributed by atoms with Crippen molar-refractivity contribution in [3.63, 3.8) is 0 Å². The van der Waals surface area contributed by atoms with Gasteiger partial charge in [-0.25, -0.2) is 4.39 Å². The lowest BCUT2D eigenvalue weighted by atomic mass is 10.2. The zero-order chi connectivity index (χ0) is 18.9. The van der Waals surface area contributed by atoms with Gasteiger partial charge in [-0.15, -0.1) is 24.0 Å². The molecule has 2 rings (SSSR count). The van der Waals surface area contributed by atoms with Gasteiger partial charge in [-0.3, -0.25) is 9.79 Å². The van der Waals surface area contributed by atoms with E-state index in [9.17, 15) is 9.18 Å². The van der Waals surface area contributed by atoms with Gasteiger partial charge in [-0.2, -0.15) is 0 Å². The van der Waals surface area contributed by atoms with Gasteiger partial charge in [0.25, 0.3) is 0 Å². The molecule has 0 aromatic heterocycles. The summed E-state index contributed by atoms with van der Waals surface area (Å²) in [5, 5.41) is 6.41. The molecule has 1 amide bonds. The van der Waals surface area contributed by atoms with E-state index in [1.165, 1.54) is 12.1 Å². The van der Waals surface area contributed by atoms with Gasteiger partial charge in [-0.05, 0) is 30.2 Å².